The van der Waals surface area contributed by atoms with Gasteiger partial charge >= 0.3 is 0 Å². The summed E-state index contributed by atoms with van der Waals surface area (Å²) in [6.45, 7) is 11.1. The summed E-state index contributed by atoms with van der Waals surface area (Å²) < 4.78 is 13.8. The largest absolute Gasteiger partial charge is 0.390 e. The van der Waals surface area contributed by atoms with Crippen molar-refractivity contribution in [1.29, 1.82) is 0 Å². The number of nitrogens with zero attached hydrogens (tertiary/aromatic N) is 1. The summed E-state index contributed by atoms with van der Waals surface area (Å²) in [5.41, 5.74) is -1.33. The summed E-state index contributed by atoms with van der Waals surface area (Å²) in [7, 11) is 1.88. The lowest BCUT2D eigenvalue weighted by Crippen LogP contribution is -2.82. The monoisotopic (exact) mass is 473 g/mol. The molecule has 34 heavy (non-hydrogen) atoms. The molecular weight excluding hydrogens is 426 g/mol. The Labute approximate surface area is 205 Å². The van der Waals surface area contributed by atoms with E-state index in [0.29, 0.717) is 17.9 Å². The third-order valence-corrected chi connectivity index (χ3v) is 13.1. The van der Waals surface area contributed by atoms with Gasteiger partial charge in [0, 0.05) is 31.0 Å². The van der Waals surface area contributed by atoms with E-state index in [1.165, 1.54) is 45.2 Å². The third-order valence-electron chi connectivity index (χ3n) is 13.1. The van der Waals surface area contributed by atoms with Crippen LogP contribution in [0.3, 0.4) is 0 Å². The number of likely N-dealkylation sites (tertiary alicyclic amines) is 1. The SMILES string of the molecule is COC12CC[C@@]3(C[C@@H]1[C@](C)(O)C(C)(C)C)[C@H]1CC4CCC(O)C5O[C@@H]2[C@]3(CCN1CC1CC1)C45. The molecule has 0 aromatic rings. The minimum absolute atomic E-state index is 0.0116. The standard InChI is InChI=1S/C29H47NO4/c1-25(2,3)26(4,32)20-15-27-10-11-29(20,33-5)24-28(27)12-13-30(16-17-6-7-17)21(27)14-18-8-9-19(31)23(34-24)22(18)28/h17-24,31-32H,6-16H2,1-5H3/t18?,19?,20-,21-,22?,23?,24-,26+,27-,28+,29?/m1/s1. The number of hydrogen-bond acceptors (Lipinski definition) is 5. The Kier molecular flexibility index (Phi) is 4.60. The lowest BCUT2D eigenvalue weighted by atomic mass is 9.30. The minimum Gasteiger partial charge on any atom is -0.390 e. The van der Waals surface area contributed by atoms with Gasteiger partial charge in [0.15, 0.2) is 0 Å². The van der Waals surface area contributed by atoms with Crippen molar-refractivity contribution >= 4 is 0 Å². The van der Waals surface area contributed by atoms with Gasteiger partial charge in [-0.05, 0) is 99.8 Å². The van der Waals surface area contributed by atoms with Gasteiger partial charge in [0.05, 0.1) is 23.9 Å². The predicted octanol–water partition coefficient (Wildman–Crippen LogP) is 4.00. The van der Waals surface area contributed by atoms with Crippen LogP contribution in [0.15, 0.2) is 0 Å². The second kappa shape index (κ2) is 6.81. The van der Waals surface area contributed by atoms with Gasteiger partial charge in [-0.15, -0.1) is 0 Å². The first-order chi connectivity index (χ1) is 16.0. The van der Waals surface area contributed by atoms with Crippen molar-refractivity contribution in [2.45, 2.75) is 121 Å². The molecule has 11 atom stereocenters. The maximum absolute atomic E-state index is 12.2. The smallest absolute Gasteiger partial charge is 0.100 e. The molecule has 8 fully saturated rings. The van der Waals surface area contributed by atoms with E-state index >= 15 is 0 Å². The predicted molar refractivity (Wildman–Crippen MR) is 130 cm³/mol. The van der Waals surface area contributed by atoms with Crippen molar-refractivity contribution in [2.75, 3.05) is 20.2 Å². The van der Waals surface area contributed by atoms with E-state index in [1.807, 2.05) is 7.11 Å². The molecule has 0 amide bonds. The van der Waals surface area contributed by atoms with Crippen molar-refractivity contribution < 1.29 is 19.7 Å². The fourth-order valence-electron chi connectivity index (χ4n) is 11.0. The highest BCUT2D eigenvalue weighted by Crippen LogP contribution is 2.81. The van der Waals surface area contributed by atoms with Gasteiger partial charge in [-0.3, -0.25) is 4.90 Å². The normalized spacial score (nSPS) is 55.7. The van der Waals surface area contributed by atoms with Crippen LogP contribution in [-0.4, -0.2) is 70.9 Å². The quantitative estimate of drug-likeness (QED) is 0.646. The molecule has 5 heteroatoms. The average molecular weight is 474 g/mol. The third kappa shape index (κ3) is 2.46. The van der Waals surface area contributed by atoms with E-state index in [4.69, 9.17) is 9.47 Å². The van der Waals surface area contributed by atoms with Gasteiger partial charge in [-0.25, -0.2) is 0 Å². The number of methoxy groups -OCH3 is 1. The number of piperidine rings is 1. The van der Waals surface area contributed by atoms with E-state index in [1.54, 1.807) is 0 Å². The molecule has 8 aliphatic rings. The van der Waals surface area contributed by atoms with E-state index in [2.05, 4.69) is 32.6 Å². The molecule has 5 unspecified atom stereocenters. The zero-order chi connectivity index (χ0) is 23.9. The molecule has 2 spiro atoms. The van der Waals surface area contributed by atoms with Crippen molar-refractivity contribution in [3.63, 3.8) is 0 Å². The number of aliphatic hydroxyl groups excluding tert-OH is 1. The van der Waals surface area contributed by atoms with E-state index in [-0.39, 0.29) is 40.5 Å². The van der Waals surface area contributed by atoms with Crippen LogP contribution < -0.4 is 0 Å². The number of rotatable bonds is 4. The van der Waals surface area contributed by atoms with Crippen LogP contribution in [-0.2, 0) is 9.47 Å². The number of hydrogen-bond donors (Lipinski definition) is 2. The van der Waals surface area contributed by atoms with Gasteiger partial charge in [-0.1, -0.05) is 20.8 Å². The molecule has 2 N–H and O–H groups in total. The molecular formula is C29H47NO4. The van der Waals surface area contributed by atoms with E-state index < -0.39 is 11.2 Å². The summed E-state index contributed by atoms with van der Waals surface area (Å²) in [5.74, 6) is 2.05. The molecule has 0 aromatic heterocycles. The van der Waals surface area contributed by atoms with E-state index in [9.17, 15) is 10.2 Å². The lowest BCUT2D eigenvalue weighted by Gasteiger charge is -2.78. The van der Waals surface area contributed by atoms with Gasteiger partial charge < -0.3 is 19.7 Å². The maximum atomic E-state index is 12.2. The Morgan fingerprint density at radius 3 is 2.50 bits per heavy atom. The summed E-state index contributed by atoms with van der Waals surface area (Å²) in [5, 5.41) is 23.4. The van der Waals surface area contributed by atoms with Crippen LogP contribution in [0.25, 0.3) is 0 Å². The molecule has 2 aliphatic heterocycles. The molecule has 5 nitrogen and oxygen atoms in total. The van der Waals surface area contributed by atoms with Crippen molar-refractivity contribution in [2.24, 2.45) is 39.9 Å². The Morgan fingerprint density at radius 2 is 1.82 bits per heavy atom. The molecule has 8 rings (SSSR count). The summed E-state index contributed by atoms with van der Waals surface area (Å²) in [6.07, 6.45) is 10.1. The molecule has 2 heterocycles. The average Bonchev–Trinajstić information content (AvgIpc) is 3.53. The highest BCUT2D eigenvalue weighted by atomic mass is 16.6. The van der Waals surface area contributed by atoms with Gasteiger partial charge in [-0.2, -0.15) is 0 Å². The molecule has 6 aliphatic carbocycles. The van der Waals surface area contributed by atoms with Crippen LogP contribution >= 0.6 is 0 Å². The van der Waals surface area contributed by atoms with Crippen LogP contribution in [0.2, 0.25) is 0 Å². The fraction of sp³-hybridized carbons (Fsp3) is 1.00. The van der Waals surface area contributed by atoms with Crippen molar-refractivity contribution in [3.05, 3.63) is 0 Å². The van der Waals surface area contributed by atoms with Crippen LogP contribution in [0, 0.1) is 39.9 Å². The first-order valence-electron chi connectivity index (χ1n) is 14.4. The Morgan fingerprint density at radius 1 is 1.06 bits per heavy atom. The zero-order valence-corrected chi connectivity index (χ0v) is 22.1. The summed E-state index contributed by atoms with van der Waals surface area (Å²) in [4.78, 5) is 2.91. The molecule has 2 saturated heterocycles. The zero-order valence-electron chi connectivity index (χ0n) is 22.1. The second-order valence-corrected chi connectivity index (χ2v) is 14.9. The molecule has 4 bridgehead atoms. The minimum atomic E-state index is -0.861. The first-order valence-corrected chi connectivity index (χ1v) is 14.4. The van der Waals surface area contributed by atoms with Crippen LogP contribution in [0.4, 0.5) is 0 Å². The number of ether oxygens (including phenoxy) is 2. The summed E-state index contributed by atoms with van der Waals surface area (Å²) in [6, 6.07) is 0.594. The Balaban J connectivity index is 1.42. The highest BCUT2D eigenvalue weighted by Gasteiger charge is 2.84. The van der Waals surface area contributed by atoms with Crippen molar-refractivity contribution in [3.8, 4) is 0 Å². The molecule has 0 radical (unpaired) electrons. The first kappa shape index (κ1) is 23.0. The number of fused-ring (bicyclic) bond motifs is 2. The van der Waals surface area contributed by atoms with Crippen molar-refractivity contribution in [1.82, 2.24) is 4.90 Å². The van der Waals surface area contributed by atoms with Crippen LogP contribution in [0.5, 0.6) is 0 Å². The highest BCUT2D eigenvalue weighted by molar-refractivity contribution is 5.34. The second-order valence-electron chi connectivity index (χ2n) is 14.9. The lowest BCUT2D eigenvalue weighted by molar-refractivity contribution is -0.348. The summed E-state index contributed by atoms with van der Waals surface area (Å²) >= 11 is 0. The molecule has 192 valence electrons. The van der Waals surface area contributed by atoms with E-state index in [0.717, 1.165) is 31.6 Å². The topological polar surface area (TPSA) is 62.2 Å². The molecule has 0 aromatic carbocycles. The van der Waals surface area contributed by atoms with Gasteiger partial charge in [0.2, 0.25) is 0 Å². The van der Waals surface area contributed by atoms with Gasteiger partial charge in [0.25, 0.3) is 0 Å². The Bertz CT molecular complexity index is 865. The maximum Gasteiger partial charge on any atom is 0.100 e. The van der Waals surface area contributed by atoms with Crippen LogP contribution in [0.1, 0.15) is 85.5 Å². The Hall–Kier alpha value is -0.200. The fourth-order valence-corrected chi connectivity index (χ4v) is 11.0. The number of aliphatic hydroxyl groups is 2. The molecule has 6 saturated carbocycles. The van der Waals surface area contributed by atoms with Gasteiger partial charge in [0.1, 0.15) is 5.60 Å².